The number of nitrogens with zero attached hydrogens (tertiary/aromatic N) is 4. The van der Waals surface area contributed by atoms with Crippen molar-refractivity contribution in [3.05, 3.63) is 35.7 Å². The van der Waals surface area contributed by atoms with Crippen LogP contribution in [0.4, 0.5) is 17.5 Å². The van der Waals surface area contributed by atoms with Crippen LogP contribution in [0.15, 0.2) is 24.5 Å². The summed E-state index contributed by atoms with van der Waals surface area (Å²) in [6.07, 6.45) is -2.03. The number of anilines is 3. The maximum Gasteiger partial charge on any atom is 0.303 e. The van der Waals surface area contributed by atoms with E-state index in [4.69, 9.17) is 15.6 Å². The van der Waals surface area contributed by atoms with Gasteiger partial charge in [-0.2, -0.15) is 9.97 Å². The van der Waals surface area contributed by atoms with Crippen molar-refractivity contribution in [2.24, 2.45) is 0 Å². The number of imidazole rings is 1. The van der Waals surface area contributed by atoms with Crippen molar-refractivity contribution >= 4 is 47.0 Å². The second-order valence-corrected chi connectivity index (χ2v) is 7.85. The average molecular weight is 495 g/mol. The number of fused-ring (bicyclic) bond motifs is 1. The van der Waals surface area contributed by atoms with Crippen LogP contribution in [0.3, 0.4) is 0 Å². The normalized spacial score (nSPS) is 22.0. The predicted molar refractivity (Wildman–Crippen MR) is 125 cm³/mol. The van der Waals surface area contributed by atoms with Crippen molar-refractivity contribution in [2.75, 3.05) is 17.7 Å². The van der Waals surface area contributed by atoms with E-state index >= 15 is 0 Å². The van der Waals surface area contributed by atoms with Gasteiger partial charge in [-0.1, -0.05) is 19.1 Å². The van der Waals surface area contributed by atoms with Gasteiger partial charge in [-0.05, 0) is 30.0 Å². The van der Waals surface area contributed by atoms with E-state index in [1.807, 2.05) is 25.1 Å². The minimum absolute atomic E-state index is 0. The van der Waals surface area contributed by atoms with E-state index in [0.29, 0.717) is 11.9 Å². The Hall–Kier alpha value is -3.03. The van der Waals surface area contributed by atoms with Gasteiger partial charge in [-0.25, -0.2) is 4.98 Å². The molecule has 4 rings (SSSR count). The number of hydrogen-bond donors (Lipinski definition) is 6. The Labute approximate surface area is 200 Å². The smallest absolute Gasteiger partial charge is 0.303 e. The number of aliphatic carboxylic acids is 1. The van der Waals surface area contributed by atoms with E-state index in [2.05, 4.69) is 20.3 Å². The molecular weight excluding hydrogens is 468 g/mol. The number of carboxylic acid groups (broad SMARTS) is 1. The van der Waals surface area contributed by atoms with Gasteiger partial charge in [0.25, 0.3) is 0 Å². The molecule has 7 N–H and O–H groups in total. The monoisotopic (exact) mass is 494 g/mol. The molecule has 1 aromatic carbocycles. The van der Waals surface area contributed by atoms with Crippen LogP contribution >= 0.6 is 12.4 Å². The molecule has 0 saturated carbocycles. The molecule has 13 heteroatoms. The van der Waals surface area contributed by atoms with E-state index in [1.54, 1.807) is 0 Å². The fourth-order valence-corrected chi connectivity index (χ4v) is 3.87. The molecule has 3 heterocycles. The van der Waals surface area contributed by atoms with Crippen molar-refractivity contribution in [3.8, 4) is 0 Å². The van der Waals surface area contributed by atoms with Gasteiger partial charge in [0, 0.05) is 12.1 Å². The molecule has 0 aliphatic carbocycles. The summed E-state index contributed by atoms with van der Waals surface area (Å²) in [5.41, 5.74) is 9.22. The minimum atomic E-state index is -1.30. The fraction of sp³-hybridized carbons (Fsp3) is 0.429. The number of benzene rings is 1. The van der Waals surface area contributed by atoms with Crippen molar-refractivity contribution < 1.29 is 30.0 Å². The lowest BCUT2D eigenvalue weighted by molar-refractivity contribution is -0.136. The molecule has 3 aromatic rings. The first-order valence-corrected chi connectivity index (χ1v) is 10.6. The Bertz CT molecular complexity index is 1170. The van der Waals surface area contributed by atoms with Crippen LogP contribution in [0.1, 0.15) is 30.7 Å². The molecule has 0 bridgehead atoms. The van der Waals surface area contributed by atoms with Crippen molar-refractivity contribution in [1.29, 1.82) is 0 Å². The molecule has 12 nitrogen and oxygen atoms in total. The Morgan fingerprint density at radius 3 is 2.68 bits per heavy atom. The van der Waals surface area contributed by atoms with Crippen LogP contribution in [-0.2, 0) is 22.4 Å². The molecule has 0 unspecified atom stereocenters. The first kappa shape index (κ1) is 25.6. The number of hydrogen-bond acceptors (Lipinski definition) is 10. The highest BCUT2D eigenvalue weighted by atomic mass is 35.5. The molecule has 4 atom stereocenters. The zero-order valence-electron chi connectivity index (χ0n) is 18.3. The highest BCUT2D eigenvalue weighted by molar-refractivity contribution is 5.85. The maximum atomic E-state index is 10.9. The summed E-state index contributed by atoms with van der Waals surface area (Å²) >= 11 is 0. The molecule has 0 amide bonds. The zero-order valence-corrected chi connectivity index (χ0v) is 19.1. The van der Waals surface area contributed by atoms with Crippen LogP contribution in [0, 0.1) is 0 Å². The molecule has 1 saturated heterocycles. The van der Waals surface area contributed by atoms with Crippen LogP contribution < -0.4 is 11.1 Å². The third kappa shape index (κ3) is 4.91. The van der Waals surface area contributed by atoms with Crippen LogP contribution in [0.5, 0.6) is 0 Å². The van der Waals surface area contributed by atoms with E-state index in [1.165, 1.54) is 10.9 Å². The Morgan fingerprint density at radius 1 is 1.26 bits per heavy atom. The number of nitrogens with two attached hydrogens (primary N) is 1. The number of aryl methyl sites for hydroxylation is 2. The van der Waals surface area contributed by atoms with Gasteiger partial charge in [0.1, 0.15) is 23.8 Å². The van der Waals surface area contributed by atoms with Gasteiger partial charge in [-0.3, -0.25) is 9.36 Å². The van der Waals surface area contributed by atoms with Crippen LogP contribution in [0.2, 0.25) is 0 Å². The molecule has 0 radical (unpaired) electrons. The molecule has 0 spiro atoms. The third-order valence-electron chi connectivity index (χ3n) is 5.67. The van der Waals surface area contributed by atoms with Crippen molar-refractivity contribution in [1.82, 2.24) is 19.5 Å². The largest absolute Gasteiger partial charge is 0.481 e. The van der Waals surface area contributed by atoms with Crippen LogP contribution in [0.25, 0.3) is 11.2 Å². The molecule has 1 fully saturated rings. The number of aliphatic hydroxyl groups excluding tert-OH is 3. The van der Waals surface area contributed by atoms with E-state index in [0.717, 1.165) is 23.2 Å². The lowest BCUT2D eigenvalue weighted by atomic mass is 10.0. The summed E-state index contributed by atoms with van der Waals surface area (Å²) in [5.74, 6) is -0.588. The number of aliphatic hydroxyl groups is 3. The highest BCUT2D eigenvalue weighted by Gasteiger charge is 2.44. The number of nitrogen functional groups attached to an aromatic ring is 1. The summed E-state index contributed by atoms with van der Waals surface area (Å²) in [4.78, 5) is 23.9. The quantitative estimate of drug-likeness (QED) is 0.259. The van der Waals surface area contributed by atoms with Crippen molar-refractivity contribution in [3.63, 3.8) is 0 Å². The summed E-state index contributed by atoms with van der Waals surface area (Å²) < 4.78 is 7.02. The third-order valence-corrected chi connectivity index (χ3v) is 5.67. The van der Waals surface area contributed by atoms with Gasteiger partial charge < -0.3 is 36.2 Å². The first-order valence-electron chi connectivity index (χ1n) is 10.6. The van der Waals surface area contributed by atoms with Gasteiger partial charge in [0.15, 0.2) is 17.7 Å². The van der Waals surface area contributed by atoms with Gasteiger partial charge >= 0.3 is 5.97 Å². The number of ether oxygens (including phenoxy) is 1. The summed E-state index contributed by atoms with van der Waals surface area (Å²) in [6.45, 7) is 1.54. The SMILES string of the molecule is CCc1ccc(CCC(=O)O)cc1Nc1nc(N)c2ncn([C@@H]3O[C@H](CO)[C@@H](O)[C@H]3O)c2n1.Cl. The molecule has 1 aliphatic heterocycles. The lowest BCUT2D eigenvalue weighted by Crippen LogP contribution is -2.33. The van der Waals surface area contributed by atoms with E-state index in [-0.39, 0.29) is 36.2 Å². The number of rotatable bonds is 8. The highest BCUT2D eigenvalue weighted by Crippen LogP contribution is 2.32. The molecule has 184 valence electrons. The number of nitrogens with one attached hydrogen (secondary N) is 1. The second-order valence-electron chi connectivity index (χ2n) is 7.85. The Morgan fingerprint density at radius 2 is 2.03 bits per heavy atom. The fourth-order valence-electron chi connectivity index (χ4n) is 3.87. The summed E-state index contributed by atoms with van der Waals surface area (Å²) in [7, 11) is 0. The second kappa shape index (κ2) is 10.5. The first-order chi connectivity index (χ1) is 15.8. The maximum absolute atomic E-state index is 10.9. The van der Waals surface area contributed by atoms with Gasteiger partial charge in [0.2, 0.25) is 5.95 Å². The predicted octanol–water partition coefficient (Wildman–Crippen LogP) is 0.765. The molecule has 34 heavy (non-hydrogen) atoms. The minimum Gasteiger partial charge on any atom is -0.481 e. The number of halogens is 1. The number of carboxylic acids is 1. The standard InChI is InChI=1S/C21H26N6O6.ClH/c1-2-11-5-3-10(4-6-14(29)30)7-12(11)24-21-25-18(22)15-19(26-21)27(9-23-15)20-17(32)16(31)13(8-28)33-20;/h3,5,7,9,13,16-17,20,28,31-32H,2,4,6,8H2,1H3,(H,29,30)(H3,22,24,25,26);1H/t13-,16-,17-,20-;/m1./s1. The average Bonchev–Trinajstić information content (AvgIpc) is 3.33. The zero-order chi connectivity index (χ0) is 23.7. The molecule has 1 aliphatic rings. The number of aromatic nitrogens is 4. The lowest BCUT2D eigenvalue weighted by Gasteiger charge is -2.17. The van der Waals surface area contributed by atoms with Gasteiger partial charge in [0.05, 0.1) is 12.9 Å². The Kier molecular flexibility index (Phi) is 7.89. The topological polar surface area (TPSA) is 189 Å². The molecular formula is C21H27ClN6O6. The summed E-state index contributed by atoms with van der Waals surface area (Å²) in [6, 6.07) is 5.67. The Balaban J connectivity index is 0.00000324. The number of carbonyl (C=O) groups is 1. The van der Waals surface area contributed by atoms with E-state index < -0.39 is 37.1 Å². The van der Waals surface area contributed by atoms with E-state index in [9.17, 15) is 20.1 Å². The van der Waals surface area contributed by atoms with Crippen molar-refractivity contribution in [2.45, 2.75) is 50.7 Å². The van der Waals surface area contributed by atoms with Gasteiger partial charge in [-0.15, -0.1) is 12.4 Å². The molecule has 2 aromatic heterocycles. The summed E-state index contributed by atoms with van der Waals surface area (Å²) in [5, 5.41) is 41.9. The van der Waals surface area contributed by atoms with Crippen LogP contribution in [-0.4, -0.2) is 70.8 Å².